The summed E-state index contributed by atoms with van der Waals surface area (Å²) in [5.41, 5.74) is 10.8. The van der Waals surface area contributed by atoms with Gasteiger partial charge in [-0.25, -0.2) is 0 Å². The molecule has 0 aliphatic carbocycles. The van der Waals surface area contributed by atoms with Gasteiger partial charge in [-0.15, -0.1) is 0 Å². The van der Waals surface area contributed by atoms with Crippen molar-refractivity contribution in [2.45, 2.75) is 25.7 Å². The van der Waals surface area contributed by atoms with Gasteiger partial charge < -0.3 is 15.9 Å². The summed E-state index contributed by atoms with van der Waals surface area (Å²) in [6.45, 7) is 1.44. The molecule has 0 spiro atoms. The van der Waals surface area contributed by atoms with Crippen molar-refractivity contribution in [3.63, 3.8) is 0 Å². The molecule has 74 valence electrons. The first-order valence-electron chi connectivity index (χ1n) is 4.84. The minimum atomic E-state index is 0.721. The van der Waals surface area contributed by atoms with Crippen LogP contribution in [0.25, 0.3) is 0 Å². The van der Waals surface area contributed by atoms with Crippen molar-refractivity contribution >= 4 is 0 Å². The molecule has 0 bridgehead atoms. The van der Waals surface area contributed by atoms with E-state index in [-0.39, 0.29) is 0 Å². The van der Waals surface area contributed by atoms with E-state index >= 15 is 0 Å². The Kier molecular flexibility index (Phi) is 4.57. The maximum atomic E-state index is 5.58. The number of hydrogen-bond donors (Lipinski definition) is 2. The highest BCUT2D eigenvalue weighted by Gasteiger charge is 2.00. The number of nitrogens with two attached hydrogens (primary N) is 2. The van der Waals surface area contributed by atoms with Crippen LogP contribution in [-0.2, 0) is 12.8 Å². The first-order chi connectivity index (χ1) is 6.36. The monoisotopic (exact) mass is 182 g/mol. The maximum absolute atomic E-state index is 5.58. The highest BCUT2D eigenvalue weighted by atomic mass is 16.3. The Morgan fingerprint density at radius 1 is 0.923 bits per heavy atom. The summed E-state index contributed by atoms with van der Waals surface area (Å²) in [6, 6.07) is 4.06. The average molecular weight is 182 g/mol. The van der Waals surface area contributed by atoms with Gasteiger partial charge in [0, 0.05) is 12.8 Å². The molecular weight excluding hydrogens is 164 g/mol. The molecule has 1 aromatic rings. The second-order valence-electron chi connectivity index (χ2n) is 3.15. The molecule has 13 heavy (non-hydrogen) atoms. The van der Waals surface area contributed by atoms with Gasteiger partial charge in [0.1, 0.15) is 11.5 Å². The van der Waals surface area contributed by atoms with Crippen LogP contribution < -0.4 is 11.5 Å². The van der Waals surface area contributed by atoms with E-state index in [1.807, 2.05) is 12.1 Å². The molecule has 3 heteroatoms. The van der Waals surface area contributed by atoms with Crippen LogP contribution in [0.1, 0.15) is 24.4 Å². The molecule has 1 heterocycles. The summed E-state index contributed by atoms with van der Waals surface area (Å²) in [5.74, 6) is 2.08. The number of hydrogen-bond acceptors (Lipinski definition) is 3. The predicted molar refractivity (Wildman–Crippen MR) is 53.5 cm³/mol. The lowest BCUT2D eigenvalue weighted by Gasteiger charge is -1.95. The summed E-state index contributed by atoms with van der Waals surface area (Å²) < 4.78 is 5.58. The van der Waals surface area contributed by atoms with E-state index in [4.69, 9.17) is 15.9 Å². The van der Waals surface area contributed by atoms with Gasteiger partial charge in [-0.2, -0.15) is 0 Å². The van der Waals surface area contributed by atoms with Gasteiger partial charge >= 0.3 is 0 Å². The molecule has 0 saturated carbocycles. The highest BCUT2D eigenvalue weighted by Crippen LogP contribution is 2.11. The smallest absolute Gasteiger partial charge is 0.104 e. The second kappa shape index (κ2) is 5.78. The summed E-state index contributed by atoms with van der Waals surface area (Å²) in [4.78, 5) is 0. The first-order valence-corrected chi connectivity index (χ1v) is 4.84. The first kappa shape index (κ1) is 10.3. The van der Waals surface area contributed by atoms with Crippen LogP contribution in [0.3, 0.4) is 0 Å². The standard InChI is InChI=1S/C10H18N2O/c11-7-1-3-9-5-6-10(13-9)4-2-8-12/h5-6H,1-4,7-8,11-12H2. The third-order valence-electron chi connectivity index (χ3n) is 1.97. The Morgan fingerprint density at radius 3 is 1.77 bits per heavy atom. The van der Waals surface area contributed by atoms with Gasteiger partial charge in [0.05, 0.1) is 0 Å². The molecule has 0 amide bonds. The lowest BCUT2D eigenvalue weighted by atomic mass is 10.2. The topological polar surface area (TPSA) is 65.2 Å². The second-order valence-corrected chi connectivity index (χ2v) is 3.15. The zero-order valence-corrected chi connectivity index (χ0v) is 7.96. The van der Waals surface area contributed by atoms with E-state index in [1.165, 1.54) is 0 Å². The third-order valence-corrected chi connectivity index (χ3v) is 1.97. The molecule has 0 aliphatic heterocycles. The Hall–Kier alpha value is -0.800. The largest absolute Gasteiger partial charge is 0.466 e. The molecule has 0 unspecified atom stereocenters. The van der Waals surface area contributed by atoms with Crippen LogP contribution in [0, 0.1) is 0 Å². The van der Waals surface area contributed by atoms with Gasteiger partial charge in [-0.05, 0) is 38.1 Å². The van der Waals surface area contributed by atoms with Crippen molar-refractivity contribution in [3.05, 3.63) is 23.7 Å². The van der Waals surface area contributed by atoms with Gasteiger partial charge in [0.2, 0.25) is 0 Å². The SMILES string of the molecule is NCCCc1ccc(CCCN)o1. The molecule has 0 saturated heterocycles. The van der Waals surface area contributed by atoms with Crippen molar-refractivity contribution in [2.24, 2.45) is 11.5 Å². The maximum Gasteiger partial charge on any atom is 0.104 e. The van der Waals surface area contributed by atoms with Crippen LogP contribution in [0.5, 0.6) is 0 Å². The molecule has 0 fully saturated rings. The van der Waals surface area contributed by atoms with Crippen molar-refractivity contribution in [1.29, 1.82) is 0 Å². The molecule has 0 radical (unpaired) electrons. The minimum absolute atomic E-state index is 0.721. The van der Waals surface area contributed by atoms with E-state index in [9.17, 15) is 0 Å². The van der Waals surface area contributed by atoms with Crippen LogP contribution in [0.2, 0.25) is 0 Å². The molecular formula is C10H18N2O. The normalized spacial score (nSPS) is 10.6. The van der Waals surface area contributed by atoms with Gasteiger partial charge in [-0.3, -0.25) is 0 Å². The molecule has 3 nitrogen and oxygen atoms in total. The Morgan fingerprint density at radius 2 is 1.38 bits per heavy atom. The van der Waals surface area contributed by atoms with Gasteiger partial charge in [0.15, 0.2) is 0 Å². The van der Waals surface area contributed by atoms with E-state index in [0.717, 1.165) is 50.3 Å². The molecule has 0 aromatic carbocycles. The molecule has 1 rings (SSSR count). The fourth-order valence-corrected chi connectivity index (χ4v) is 1.24. The predicted octanol–water partition coefficient (Wildman–Crippen LogP) is 1.06. The number of aryl methyl sites for hydroxylation is 2. The van der Waals surface area contributed by atoms with Crippen LogP contribution in [0.4, 0.5) is 0 Å². The quantitative estimate of drug-likeness (QED) is 0.691. The summed E-state index contributed by atoms with van der Waals surface area (Å²) in [7, 11) is 0. The van der Waals surface area contributed by atoms with E-state index in [0.29, 0.717) is 0 Å². The van der Waals surface area contributed by atoms with Gasteiger partial charge in [-0.1, -0.05) is 0 Å². The van der Waals surface area contributed by atoms with Crippen molar-refractivity contribution in [3.8, 4) is 0 Å². The highest BCUT2D eigenvalue weighted by molar-refractivity contribution is 5.07. The van der Waals surface area contributed by atoms with Crippen molar-refractivity contribution in [1.82, 2.24) is 0 Å². The summed E-state index contributed by atoms with van der Waals surface area (Å²) in [5, 5.41) is 0. The van der Waals surface area contributed by atoms with Crippen LogP contribution in [-0.4, -0.2) is 13.1 Å². The zero-order valence-electron chi connectivity index (χ0n) is 7.96. The Labute approximate surface area is 79.1 Å². The lowest BCUT2D eigenvalue weighted by molar-refractivity contribution is 0.456. The zero-order chi connectivity index (χ0) is 9.52. The lowest BCUT2D eigenvalue weighted by Crippen LogP contribution is -2.00. The van der Waals surface area contributed by atoms with Crippen molar-refractivity contribution < 1.29 is 4.42 Å². The van der Waals surface area contributed by atoms with Crippen LogP contribution >= 0.6 is 0 Å². The Balaban J connectivity index is 2.34. The fraction of sp³-hybridized carbons (Fsp3) is 0.600. The van der Waals surface area contributed by atoms with Crippen LogP contribution in [0.15, 0.2) is 16.5 Å². The van der Waals surface area contributed by atoms with E-state index < -0.39 is 0 Å². The minimum Gasteiger partial charge on any atom is -0.466 e. The Bertz CT molecular complexity index is 210. The molecule has 4 N–H and O–H groups in total. The molecule has 0 aliphatic rings. The number of rotatable bonds is 6. The van der Waals surface area contributed by atoms with E-state index in [2.05, 4.69) is 0 Å². The molecule has 0 atom stereocenters. The molecule has 1 aromatic heterocycles. The average Bonchev–Trinajstić information content (AvgIpc) is 2.59. The summed E-state index contributed by atoms with van der Waals surface area (Å²) >= 11 is 0. The summed E-state index contributed by atoms with van der Waals surface area (Å²) in [6.07, 6.45) is 3.87. The third kappa shape index (κ3) is 3.61. The fourth-order valence-electron chi connectivity index (χ4n) is 1.24. The van der Waals surface area contributed by atoms with Gasteiger partial charge in [0.25, 0.3) is 0 Å². The van der Waals surface area contributed by atoms with Crippen molar-refractivity contribution in [2.75, 3.05) is 13.1 Å². The van der Waals surface area contributed by atoms with E-state index in [1.54, 1.807) is 0 Å². The number of furan rings is 1.